The van der Waals surface area contributed by atoms with Crippen molar-refractivity contribution in [3.05, 3.63) is 12.7 Å². The second kappa shape index (κ2) is 2.63. The summed E-state index contributed by atoms with van der Waals surface area (Å²) in [7, 11) is 0. The lowest BCUT2D eigenvalue weighted by Gasteiger charge is -2.44. The Balaban J connectivity index is 2.82. The standard InChI is InChI=1S/C10H18O/c1-4-10(11)8-6-5-7-9(10,2)3/h4,11H,1,5-8H2,2-3H3. The molecule has 1 aliphatic rings. The van der Waals surface area contributed by atoms with Crippen LogP contribution in [-0.4, -0.2) is 10.7 Å². The van der Waals surface area contributed by atoms with Gasteiger partial charge in [0.25, 0.3) is 0 Å². The first-order chi connectivity index (χ1) is 5.02. The quantitative estimate of drug-likeness (QED) is 0.575. The fourth-order valence-electron chi connectivity index (χ4n) is 1.89. The molecule has 1 fully saturated rings. The van der Waals surface area contributed by atoms with Gasteiger partial charge in [0.1, 0.15) is 0 Å². The van der Waals surface area contributed by atoms with Crippen LogP contribution in [0.2, 0.25) is 0 Å². The van der Waals surface area contributed by atoms with E-state index in [-0.39, 0.29) is 5.41 Å². The van der Waals surface area contributed by atoms with Crippen molar-refractivity contribution in [2.24, 2.45) is 5.41 Å². The second-order valence-electron chi connectivity index (χ2n) is 4.22. The summed E-state index contributed by atoms with van der Waals surface area (Å²) in [4.78, 5) is 0. The normalized spacial score (nSPS) is 36.6. The van der Waals surface area contributed by atoms with E-state index in [1.807, 2.05) is 0 Å². The van der Waals surface area contributed by atoms with Gasteiger partial charge in [-0.3, -0.25) is 0 Å². The first-order valence-electron chi connectivity index (χ1n) is 4.38. The summed E-state index contributed by atoms with van der Waals surface area (Å²) in [5.41, 5.74) is -0.599. The van der Waals surface area contributed by atoms with E-state index in [4.69, 9.17) is 0 Å². The summed E-state index contributed by atoms with van der Waals surface area (Å²) in [5.74, 6) is 0. The molecule has 0 aromatic heterocycles. The van der Waals surface area contributed by atoms with Crippen molar-refractivity contribution in [3.8, 4) is 0 Å². The summed E-state index contributed by atoms with van der Waals surface area (Å²) in [6.45, 7) is 7.94. The molecule has 0 amide bonds. The molecule has 1 unspecified atom stereocenters. The van der Waals surface area contributed by atoms with Gasteiger partial charge < -0.3 is 5.11 Å². The molecule has 1 aliphatic carbocycles. The van der Waals surface area contributed by atoms with E-state index in [0.29, 0.717) is 0 Å². The largest absolute Gasteiger partial charge is 0.385 e. The summed E-state index contributed by atoms with van der Waals surface area (Å²) in [6.07, 6.45) is 6.07. The molecule has 1 N–H and O–H groups in total. The van der Waals surface area contributed by atoms with E-state index >= 15 is 0 Å². The molecule has 0 radical (unpaired) electrons. The Kier molecular flexibility index (Phi) is 2.10. The van der Waals surface area contributed by atoms with Gasteiger partial charge in [-0.1, -0.05) is 32.8 Å². The molecule has 0 bridgehead atoms. The van der Waals surface area contributed by atoms with Crippen LogP contribution < -0.4 is 0 Å². The number of hydrogen-bond donors (Lipinski definition) is 1. The predicted octanol–water partition coefficient (Wildman–Crippen LogP) is 2.50. The molecule has 0 aliphatic heterocycles. The molecule has 1 heteroatoms. The van der Waals surface area contributed by atoms with Crippen molar-refractivity contribution in [2.75, 3.05) is 0 Å². The molecule has 0 heterocycles. The molecule has 1 saturated carbocycles. The molecule has 0 spiro atoms. The third-order valence-electron chi connectivity index (χ3n) is 3.12. The summed E-state index contributed by atoms with van der Waals surface area (Å²) in [5, 5.41) is 10.1. The zero-order valence-electron chi connectivity index (χ0n) is 7.56. The maximum Gasteiger partial charge on any atom is 0.0875 e. The van der Waals surface area contributed by atoms with Crippen molar-refractivity contribution >= 4 is 0 Å². The number of rotatable bonds is 1. The molecule has 1 nitrogen and oxygen atoms in total. The zero-order chi connectivity index (χ0) is 8.54. The van der Waals surface area contributed by atoms with E-state index in [9.17, 15) is 5.11 Å². The van der Waals surface area contributed by atoms with Crippen LogP contribution in [0.15, 0.2) is 12.7 Å². The lowest BCUT2D eigenvalue weighted by atomic mass is 9.65. The van der Waals surface area contributed by atoms with E-state index in [1.54, 1.807) is 6.08 Å². The van der Waals surface area contributed by atoms with Crippen molar-refractivity contribution in [3.63, 3.8) is 0 Å². The van der Waals surface area contributed by atoms with Crippen LogP contribution >= 0.6 is 0 Å². The van der Waals surface area contributed by atoms with Crippen molar-refractivity contribution in [1.82, 2.24) is 0 Å². The van der Waals surface area contributed by atoms with E-state index in [0.717, 1.165) is 19.3 Å². The van der Waals surface area contributed by atoms with E-state index in [1.165, 1.54) is 6.42 Å². The lowest BCUT2D eigenvalue weighted by Crippen LogP contribution is -2.45. The highest BCUT2D eigenvalue weighted by Gasteiger charge is 2.42. The van der Waals surface area contributed by atoms with Gasteiger partial charge in [0.05, 0.1) is 5.60 Å². The third kappa shape index (κ3) is 1.34. The Hall–Kier alpha value is -0.300. The minimum absolute atomic E-state index is 0.0208. The van der Waals surface area contributed by atoms with E-state index in [2.05, 4.69) is 20.4 Å². The Labute approximate surface area is 69.1 Å². The molecule has 11 heavy (non-hydrogen) atoms. The van der Waals surface area contributed by atoms with Crippen LogP contribution in [0.5, 0.6) is 0 Å². The number of aliphatic hydroxyl groups is 1. The highest BCUT2D eigenvalue weighted by atomic mass is 16.3. The van der Waals surface area contributed by atoms with Crippen molar-refractivity contribution in [1.29, 1.82) is 0 Å². The molecular weight excluding hydrogens is 136 g/mol. The minimum Gasteiger partial charge on any atom is -0.385 e. The summed E-state index contributed by atoms with van der Waals surface area (Å²) >= 11 is 0. The molecular formula is C10H18O. The van der Waals surface area contributed by atoms with Gasteiger partial charge in [-0.2, -0.15) is 0 Å². The molecule has 0 aromatic carbocycles. The SMILES string of the molecule is C=CC1(O)CCCCC1(C)C. The monoisotopic (exact) mass is 154 g/mol. The second-order valence-corrected chi connectivity index (χ2v) is 4.22. The van der Waals surface area contributed by atoms with Gasteiger partial charge in [-0.25, -0.2) is 0 Å². The predicted molar refractivity (Wildman–Crippen MR) is 47.4 cm³/mol. The molecule has 64 valence electrons. The highest BCUT2D eigenvalue weighted by Crippen LogP contribution is 2.44. The topological polar surface area (TPSA) is 20.2 Å². The van der Waals surface area contributed by atoms with Gasteiger partial charge in [0.15, 0.2) is 0 Å². The molecule has 1 rings (SSSR count). The van der Waals surface area contributed by atoms with Gasteiger partial charge >= 0.3 is 0 Å². The minimum atomic E-state index is -0.620. The first-order valence-corrected chi connectivity index (χ1v) is 4.38. The average molecular weight is 154 g/mol. The average Bonchev–Trinajstić information content (AvgIpc) is 1.95. The van der Waals surface area contributed by atoms with Crippen molar-refractivity contribution < 1.29 is 5.11 Å². The summed E-state index contributed by atoms with van der Waals surface area (Å²) in [6, 6.07) is 0. The Morgan fingerprint density at radius 3 is 2.18 bits per heavy atom. The Bertz CT molecular complexity index is 160. The lowest BCUT2D eigenvalue weighted by molar-refractivity contribution is -0.0561. The highest BCUT2D eigenvalue weighted by molar-refractivity contribution is 5.07. The Morgan fingerprint density at radius 2 is 1.82 bits per heavy atom. The molecule has 0 aromatic rings. The zero-order valence-corrected chi connectivity index (χ0v) is 7.56. The van der Waals surface area contributed by atoms with Gasteiger partial charge in [0.2, 0.25) is 0 Å². The van der Waals surface area contributed by atoms with Gasteiger partial charge in [-0.15, -0.1) is 6.58 Å². The van der Waals surface area contributed by atoms with Crippen molar-refractivity contribution in [2.45, 2.75) is 45.1 Å². The molecule has 1 atom stereocenters. The van der Waals surface area contributed by atoms with Gasteiger partial charge in [0, 0.05) is 0 Å². The van der Waals surface area contributed by atoms with Crippen LogP contribution in [-0.2, 0) is 0 Å². The van der Waals surface area contributed by atoms with Crippen LogP contribution in [0.3, 0.4) is 0 Å². The maximum absolute atomic E-state index is 10.1. The van der Waals surface area contributed by atoms with Crippen LogP contribution in [0.4, 0.5) is 0 Å². The van der Waals surface area contributed by atoms with Crippen LogP contribution in [0, 0.1) is 5.41 Å². The maximum atomic E-state index is 10.1. The summed E-state index contributed by atoms with van der Waals surface area (Å²) < 4.78 is 0. The fraction of sp³-hybridized carbons (Fsp3) is 0.800. The first kappa shape index (κ1) is 8.79. The van der Waals surface area contributed by atoms with E-state index < -0.39 is 5.60 Å². The molecule has 0 saturated heterocycles. The van der Waals surface area contributed by atoms with Crippen LogP contribution in [0.25, 0.3) is 0 Å². The Morgan fingerprint density at radius 1 is 1.27 bits per heavy atom. The fourth-order valence-corrected chi connectivity index (χ4v) is 1.89. The third-order valence-corrected chi connectivity index (χ3v) is 3.12. The number of hydrogen-bond acceptors (Lipinski definition) is 1. The smallest absolute Gasteiger partial charge is 0.0875 e. The van der Waals surface area contributed by atoms with Crippen LogP contribution in [0.1, 0.15) is 39.5 Å². The van der Waals surface area contributed by atoms with Gasteiger partial charge in [-0.05, 0) is 18.3 Å².